The van der Waals surface area contributed by atoms with Crippen molar-refractivity contribution >= 4 is 0 Å². The van der Waals surface area contributed by atoms with Crippen LogP contribution in [-0.4, -0.2) is 26.7 Å². The Morgan fingerprint density at radius 3 is 2.91 bits per heavy atom. The summed E-state index contributed by atoms with van der Waals surface area (Å²) in [6.07, 6.45) is 4.01. The summed E-state index contributed by atoms with van der Waals surface area (Å²) in [5, 5.41) is 6.71. The molecule has 66 valence electrons. The summed E-state index contributed by atoms with van der Waals surface area (Å²) in [5.41, 5.74) is 0.540. The molecule has 0 aromatic heterocycles. The van der Waals surface area contributed by atoms with Gasteiger partial charge in [0.2, 0.25) is 0 Å². The smallest absolute Gasteiger partial charge is 0.000264 e. The van der Waals surface area contributed by atoms with E-state index < -0.39 is 0 Å². The highest BCUT2D eigenvalue weighted by Crippen LogP contribution is 2.27. The highest BCUT2D eigenvalue weighted by molar-refractivity contribution is 4.79. The normalized spacial score (nSPS) is 33.3. The molecule has 1 aliphatic rings. The highest BCUT2D eigenvalue weighted by Gasteiger charge is 2.23. The third-order valence-corrected chi connectivity index (χ3v) is 2.64. The topological polar surface area (TPSA) is 24.1 Å². The zero-order valence-corrected chi connectivity index (χ0v) is 7.74. The van der Waals surface area contributed by atoms with Crippen molar-refractivity contribution in [3.8, 4) is 0 Å². The third kappa shape index (κ3) is 2.80. The molecule has 1 unspecified atom stereocenters. The SMILES string of the molecule is CNCC1(C)CCCNCC1. The van der Waals surface area contributed by atoms with E-state index in [2.05, 4.69) is 17.6 Å². The molecule has 0 aliphatic carbocycles. The minimum absolute atomic E-state index is 0.540. The van der Waals surface area contributed by atoms with Crippen LogP contribution in [0.2, 0.25) is 0 Å². The van der Waals surface area contributed by atoms with Crippen LogP contribution >= 0.6 is 0 Å². The fraction of sp³-hybridized carbons (Fsp3) is 1.00. The minimum atomic E-state index is 0.540. The number of nitrogens with one attached hydrogen (secondary N) is 2. The van der Waals surface area contributed by atoms with Gasteiger partial charge >= 0.3 is 0 Å². The number of rotatable bonds is 2. The van der Waals surface area contributed by atoms with Crippen molar-refractivity contribution in [3.63, 3.8) is 0 Å². The van der Waals surface area contributed by atoms with Crippen LogP contribution in [0.25, 0.3) is 0 Å². The second kappa shape index (κ2) is 4.07. The molecular formula is C9H20N2. The Bertz CT molecular complexity index is 104. The molecular weight excluding hydrogens is 136 g/mol. The molecule has 2 heteroatoms. The summed E-state index contributed by atoms with van der Waals surface area (Å²) in [4.78, 5) is 0. The summed E-state index contributed by atoms with van der Waals surface area (Å²) in [6, 6.07) is 0. The molecule has 1 aliphatic heterocycles. The zero-order chi connectivity index (χ0) is 8.16. The zero-order valence-electron chi connectivity index (χ0n) is 7.74. The number of hydrogen-bond acceptors (Lipinski definition) is 2. The van der Waals surface area contributed by atoms with Gasteiger partial charge in [-0.1, -0.05) is 6.92 Å². The average Bonchev–Trinajstić information content (AvgIpc) is 2.15. The molecule has 1 atom stereocenters. The lowest BCUT2D eigenvalue weighted by molar-refractivity contribution is 0.278. The van der Waals surface area contributed by atoms with Crippen molar-refractivity contribution in [1.82, 2.24) is 10.6 Å². The summed E-state index contributed by atoms with van der Waals surface area (Å²) in [5.74, 6) is 0. The summed E-state index contributed by atoms with van der Waals surface area (Å²) in [7, 11) is 2.05. The fourth-order valence-electron chi connectivity index (χ4n) is 1.88. The van der Waals surface area contributed by atoms with Crippen LogP contribution in [0.4, 0.5) is 0 Å². The van der Waals surface area contributed by atoms with Crippen molar-refractivity contribution < 1.29 is 0 Å². The molecule has 2 N–H and O–H groups in total. The van der Waals surface area contributed by atoms with Gasteiger partial charge in [0.05, 0.1) is 0 Å². The maximum absolute atomic E-state index is 3.43. The van der Waals surface area contributed by atoms with Crippen LogP contribution < -0.4 is 10.6 Å². The van der Waals surface area contributed by atoms with Gasteiger partial charge < -0.3 is 10.6 Å². The number of hydrogen-bond donors (Lipinski definition) is 2. The molecule has 2 nitrogen and oxygen atoms in total. The Hall–Kier alpha value is -0.0800. The van der Waals surface area contributed by atoms with Crippen molar-refractivity contribution in [3.05, 3.63) is 0 Å². The predicted octanol–water partition coefficient (Wildman–Crippen LogP) is 0.986. The first-order valence-corrected chi connectivity index (χ1v) is 4.62. The van der Waals surface area contributed by atoms with Gasteiger partial charge in [-0.05, 0) is 44.8 Å². The maximum atomic E-state index is 3.43. The minimum Gasteiger partial charge on any atom is -0.319 e. The van der Waals surface area contributed by atoms with E-state index in [0.29, 0.717) is 5.41 Å². The van der Waals surface area contributed by atoms with Crippen molar-refractivity contribution in [2.24, 2.45) is 5.41 Å². The van der Waals surface area contributed by atoms with E-state index in [-0.39, 0.29) is 0 Å². The van der Waals surface area contributed by atoms with Crippen molar-refractivity contribution in [1.29, 1.82) is 0 Å². The Morgan fingerprint density at radius 1 is 1.36 bits per heavy atom. The quantitative estimate of drug-likeness (QED) is 0.623. The molecule has 0 amide bonds. The van der Waals surface area contributed by atoms with Crippen molar-refractivity contribution in [2.45, 2.75) is 26.2 Å². The Morgan fingerprint density at radius 2 is 2.18 bits per heavy atom. The monoisotopic (exact) mass is 156 g/mol. The van der Waals surface area contributed by atoms with Gasteiger partial charge in [-0.3, -0.25) is 0 Å². The Kier molecular flexibility index (Phi) is 3.34. The summed E-state index contributed by atoms with van der Waals surface area (Å²) in [6.45, 7) is 5.95. The largest absolute Gasteiger partial charge is 0.319 e. The highest BCUT2D eigenvalue weighted by atomic mass is 14.9. The van der Waals surface area contributed by atoms with E-state index in [1.54, 1.807) is 0 Å². The van der Waals surface area contributed by atoms with E-state index in [9.17, 15) is 0 Å². The summed E-state index contributed by atoms with van der Waals surface area (Å²) >= 11 is 0. The molecule has 1 rings (SSSR count). The van der Waals surface area contributed by atoms with Crippen LogP contribution in [0, 0.1) is 5.41 Å². The fourth-order valence-corrected chi connectivity index (χ4v) is 1.88. The van der Waals surface area contributed by atoms with Crippen LogP contribution in [-0.2, 0) is 0 Å². The van der Waals surface area contributed by atoms with E-state index in [4.69, 9.17) is 0 Å². The predicted molar refractivity (Wildman–Crippen MR) is 48.8 cm³/mol. The van der Waals surface area contributed by atoms with E-state index >= 15 is 0 Å². The standard InChI is InChI=1S/C9H20N2/c1-9(8-10-2)4-3-6-11-7-5-9/h10-11H,3-8H2,1-2H3. The van der Waals surface area contributed by atoms with Gasteiger partial charge in [-0.2, -0.15) is 0 Å². The van der Waals surface area contributed by atoms with E-state index in [1.165, 1.54) is 32.4 Å². The van der Waals surface area contributed by atoms with Crippen LogP contribution in [0.5, 0.6) is 0 Å². The van der Waals surface area contributed by atoms with Gasteiger partial charge in [-0.15, -0.1) is 0 Å². The second-order valence-electron chi connectivity index (χ2n) is 3.94. The third-order valence-electron chi connectivity index (χ3n) is 2.64. The molecule has 0 spiro atoms. The van der Waals surface area contributed by atoms with E-state index in [0.717, 1.165) is 6.54 Å². The molecule has 1 fully saturated rings. The van der Waals surface area contributed by atoms with Crippen LogP contribution in [0.1, 0.15) is 26.2 Å². The van der Waals surface area contributed by atoms with Crippen LogP contribution in [0.3, 0.4) is 0 Å². The molecule has 0 radical (unpaired) electrons. The Balaban J connectivity index is 2.38. The molecule has 11 heavy (non-hydrogen) atoms. The summed E-state index contributed by atoms with van der Waals surface area (Å²) < 4.78 is 0. The second-order valence-corrected chi connectivity index (χ2v) is 3.94. The van der Waals surface area contributed by atoms with E-state index in [1.807, 2.05) is 7.05 Å². The van der Waals surface area contributed by atoms with Gasteiger partial charge in [0.1, 0.15) is 0 Å². The lowest BCUT2D eigenvalue weighted by Crippen LogP contribution is -2.30. The average molecular weight is 156 g/mol. The first-order chi connectivity index (χ1) is 5.27. The van der Waals surface area contributed by atoms with Gasteiger partial charge in [0, 0.05) is 6.54 Å². The lowest BCUT2D eigenvalue weighted by Gasteiger charge is -2.27. The van der Waals surface area contributed by atoms with Gasteiger partial charge in [0.25, 0.3) is 0 Å². The van der Waals surface area contributed by atoms with Gasteiger partial charge in [0.15, 0.2) is 0 Å². The maximum Gasteiger partial charge on any atom is 0.000264 e. The van der Waals surface area contributed by atoms with Gasteiger partial charge in [-0.25, -0.2) is 0 Å². The van der Waals surface area contributed by atoms with Crippen molar-refractivity contribution in [2.75, 3.05) is 26.7 Å². The first kappa shape index (κ1) is 9.01. The first-order valence-electron chi connectivity index (χ1n) is 4.62. The molecule has 1 heterocycles. The molecule has 0 saturated carbocycles. The Labute approximate surface area is 69.8 Å². The molecule has 1 saturated heterocycles. The van der Waals surface area contributed by atoms with Crippen LogP contribution in [0.15, 0.2) is 0 Å². The molecule has 0 aromatic carbocycles. The molecule has 0 bridgehead atoms. The lowest BCUT2D eigenvalue weighted by atomic mass is 9.83. The molecule has 0 aromatic rings.